The van der Waals surface area contributed by atoms with Crippen LogP contribution in [-0.4, -0.2) is 54.2 Å². The Hall–Kier alpha value is -3.51. The van der Waals surface area contributed by atoms with Crippen molar-refractivity contribution in [2.24, 2.45) is 0 Å². The number of esters is 2. The number of aliphatic hydroxyl groups excluding tert-OH is 1. The largest absolute Gasteiger partial charge is 0.462 e. The molecule has 0 unspecified atom stereocenters. The smallest absolute Gasteiger partial charge is 0.341 e. The zero-order chi connectivity index (χ0) is 23.8. The summed E-state index contributed by atoms with van der Waals surface area (Å²) in [5.41, 5.74) is 0.638. The Morgan fingerprint density at radius 1 is 1.19 bits per heavy atom. The van der Waals surface area contributed by atoms with Crippen LogP contribution in [0.1, 0.15) is 38.1 Å². The molecule has 12 heteroatoms. The van der Waals surface area contributed by atoms with Gasteiger partial charge in [0.05, 0.1) is 29.3 Å². The maximum atomic E-state index is 12.5. The molecule has 2 aromatic rings. The first-order chi connectivity index (χ1) is 15.2. The van der Waals surface area contributed by atoms with Crippen LogP contribution in [-0.2, 0) is 14.3 Å². The lowest BCUT2D eigenvalue weighted by molar-refractivity contribution is -0.384. The van der Waals surface area contributed by atoms with Crippen LogP contribution in [0.2, 0.25) is 0 Å². The number of aliphatic hydroxyl groups is 1. The lowest BCUT2D eigenvalue weighted by atomic mass is 10.1. The number of hydrogen-bond donors (Lipinski definition) is 3. The summed E-state index contributed by atoms with van der Waals surface area (Å²) in [6, 6.07) is 3.53. The molecule has 1 amide bonds. The zero-order valence-corrected chi connectivity index (χ0v) is 18.5. The Kier molecular flexibility index (Phi) is 8.67. The number of carbonyl (C=O) groups excluding carboxylic acids is 3. The lowest BCUT2D eigenvalue weighted by Crippen LogP contribution is -2.22. The van der Waals surface area contributed by atoms with Gasteiger partial charge in [-0.25, -0.2) is 9.59 Å². The average molecular weight is 465 g/mol. The number of carbonyl (C=O) groups is 3. The van der Waals surface area contributed by atoms with E-state index in [-0.39, 0.29) is 47.3 Å². The second-order valence-electron chi connectivity index (χ2n) is 6.47. The molecule has 0 aliphatic rings. The topological polar surface area (TPSA) is 157 Å². The van der Waals surface area contributed by atoms with Gasteiger partial charge in [-0.3, -0.25) is 14.9 Å². The van der Waals surface area contributed by atoms with Crippen LogP contribution < -0.4 is 10.6 Å². The standard InChI is InChI=1S/C20H23N3O8S/c1-4-30-20(27)17-11(2)12(3)32-18(17)22-16(25)10-31-19(26)14-9-13(23(28)29)5-6-15(14)21-7-8-24/h5-6,9,21,24H,4,7-8,10H2,1-3H3,(H,22,25). The molecule has 0 bridgehead atoms. The highest BCUT2D eigenvalue weighted by atomic mass is 32.1. The van der Waals surface area contributed by atoms with Gasteiger partial charge >= 0.3 is 11.9 Å². The summed E-state index contributed by atoms with van der Waals surface area (Å²) in [4.78, 5) is 48.2. The van der Waals surface area contributed by atoms with Gasteiger partial charge in [0, 0.05) is 29.2 Å². The maximum absolute atomic E-state index is 12.5. The fourth-order valence-corrected chi connectivity index (χ4v) is 3.76. The van der Waals surface area contributed by atoms with Gasteiger partial charge in [-0.2, -0.15) is 0 Å². The number of anilines is 2. The van der Waals surface area contributed by atoms with Crippen molar-refractivity contribution in [3.05, 3.63) is 49.9 Å². The number of benzene rings is 1. The highest BCUT2D eigenvalue weighted by Crippen LogP contribution is 2.33. The predicted octanol–water partition coefficient (Wildman–Crippen LogP) is 2.65. The molecule has 0 fully saturated rings. The summed E-state index contributed by atoms with van der Waals surface area (Å²) in [5.74, 6) is -2.23. The Balaban J connectivity index is 2.13. The molecular formula is C20H23N3O8S. The summed E-state index contributed by atoms with van der Waals surface area (Å²) in [7, 11) is 0. The van der Waals surface area contributed by atoms with Gasteiger partial charge in [0.1, 0.15) is 5.00 Å². The molecule has 32 heavy (non-hydrogen) atoms. The Morgan fingerprint density at radius 3 is 2.53 bits per heavy atom. The van der Waals surface area contributed by atoms with Crippen LogP contribution in [0, 0.1) is 24.0 Å². The van der Waals surface area contributed by atoms with Crippen molar-refractivity contribution in [2.75, 3.05) is 37.0 Å². The van der Waals surface area contributed by atoms with Crippen molar-refractivity contribution in [1.82, 2.24) is 0 Å². The fraction of sp³-hybridized carbons (Fsp3) is 0.350. The first-order valence-electron chi connectivity index (χ1n) is 9.56. The number of thiophene rings is 1. The minimum atomic E-state index is -0.964. The number of ether oxygens (including phenoxy) is 2. The Labute approximate surface area is 187 Å². The van der Waals surface area contributed by atoms with E-state index in [9.17, 15) is 24.5 Å². The lowest BCUT2D eigenvalue weighted by Gasteiger charge is -2.11. The predicted molar refractivity (Wildman–Crippen MR) is 117 cm³/mol. The van der Waals surface area contributed by atoms with Gasteiger partial charge in [-0.05, 0) is 32.4 Å². The summed E-state index contributed by atoms with van der Waals surface area (Å²) in [5, 5.41) is 25.6. The number of rotatable bonds is 10. The van der Waals surface area contributed by atoms with E-state index in [0.29, 0.717) is 5.56 Å². The second kappa shape index (κ2) is 11.2. The van der Waals surface area contributed by atoms with E-state index >= 15 is 0 Å². The summed E-state index contributed by atoms with van der Waals surface area (Å²) in [6.07, 6.45) is 0. The molecule has 172 valence electrons. The van der Waals surface area contributed by atoms with Crippen molar-refractivity contribution >= 4 is 45.6 Å². The summed E-state index contributed by atoms with van der Waals surface area (Å²) in [6.45, 7) is 4.57. The number of non-ortho nitro benzene ring substituents is 1. The van der Waals surface area contributed by atoms with Crippen molar-refractivity contribution in [3.8, 4) is 0 Å². The molecule has 3 N–H and O–H groups in total. The molecule has 2 rings (SSSR count). The molecular weight excluding hydrogens is 442 g/mol. The Morgan fingerprint density at radius 2 is 1.91 bits per heavy atom. The van der Waals surface area contributed by atoms with Crippen LogP contribution in [0.3, 0.4) is 0 Å². The average Bonchev–Trinajstić information content (AvgIpc) is 3.03. The minimum Gasteiger partial charge on any atom is -0.462 e. The SMILES string of the molecule is CCOC(=O)c1c(NC(=O)COC(=O)c2cc([N+](=O)[O-])ccc2NCCO)sc(C)c1C. The van der Waals surface area contributed by atoms with Crippen LogP contribution in [0.4, 0.5) is 16.4 Å². The molecule has 1 heterocycles. The van der Waals surface area contributed by atoms with Gasteiger partial charge in [0.15, 0.2) is 6.61 Å². The highest BCUT2D eigenvalue weighted by Gasteiger charge is 2.23. The molecule has 0 aliphatic carbocycles. The van der Waals surface area contributed by atoms with Crippen molar-refractivity contribution in [3.63, 3.8) is 0 Å². The van der Waals surface area contributed by atoms with Crippen LogP contribution in [0.5, 0.6) is 0 Å². The number of amides is 1. The third-order valence-corrected chi connectivity index (χ3v) is 5.44. The quantitative estimate of drug-likeness (QED) is 0.272. The molecule has 0 saturated carbocycles. The van der Waals surface area contributed by atoms with E-state index in [0.717, 1.165) is 10.9 Å². The summed E-state index contributed by atoms with van der Waals surface area (Å²) < 4.78 is 10.0. The normalized spacial score (nSPS) is 10.4. The van der Waals surface area contributed by atoms with Gasteiger partial charge in [-0.15, -0.1) is 11.3 Å². The van der Waals surface area contributed by atoms with Crippen LogP contribution in [0.15, 0.2) is 18.2 Å². The van der Waals surface area contributed by atoms with E-state index in [2.05, 4.69) is 10.6 Å². The molecule has 0 saturated heterocycles. The Bertz CT molecular complexity index is 1030. The third-order valence-electron chi connectivity index (χ3n) is 4.31. The van der Waals surface area contributed by atoms with Gasteiger partial charge in [0.25, 0.3) is 11.6 Å². The third kappa shape index (κ3) is 6.02. The molecule has 1 aromatic carbocycles. The van der Waals surface area contributed by atoms with E-state index in [4.69, 9.17) is 14.6 Å². The molecule has 0 atom stereocenters. The molecule has 0 spiro atoms. The molecule has 11 nitrogen and oxygen atoms in total. The number of nitro benzene ring substituents is 1. The number of aryl methyl sites for hydroxylation is 1. The minimum absolute atomic E-state index is 0.103. The maximum Gasteiger partial charge on any atom is 0.341 e. The first kappa shape index (κ1) is 24.8. The van der Waals surface area contributed by atoms with Crippen LogP contribution >= 0.6 is 11.3 Å². The molecule has 1 aromatic heterocycles. The second-order valence-corrected chi connectivity index (χ2v) is 7.69. The van der Waals surface area contributed by atoms with Crippen molar-refractivity contribution < 1.29 is 33.9 Å². The highest BCUT2D eigenvalue weighted by molar-refractivity contribution is 7.16. The van der Waals surface area contributed by atoms with E-state index in [1.54, 1.807) is 20.8 Å². The van der Waals surface area contributed by atoms with Crippen LogP contribution in [0.25, 0.3) is 0 Å². The van der Waals surface area contributed by atoms with Gasteiger partial charge < -0.3 is 25.2 Å². The monoisotopic (exact) mass is 465 g/mol. The van der Waals surface area contributed by atoms with Crippen molar-refractivity contribution in [2.45, 2.75) is 20.8 Å². The first-order valence-corrected chi connectivity index (χ1v) is 10.4. The van der Waals surface area contributed by atoms with E-state index in [1.807, 2.05) is 0 Å². The molecule has 0 radical (unpaired) electrons. The number of nitro groups is 1. The fourth-order valence-electron chi connectivity index (χ4n) is 2.70. The van der Waals surface area contributed by atoms with Crippen molar-refractivity contribution in [1.29, 1.82) is 0 Å². The van der Waals surface area contributed by atoms with Gasteiger partial charge in [0.2, 0.25) is 0 Å². The van der Waals surface area contributed by atoms with E-state index < -0.39 is 29.4 Å². The number of nitrogens with one attached hydrogen (secondary N) is 2. The van der Waals surface area contributed by atoms with Gasteiger partial charge in [-0.1, -0.05) is 0 Å². The van der Waals surface area contributed by atoms with E-state index in [1.165, 1.54) is 23.5 Å². The molecule has 0 aliphatic heterocycles. The number of hydrogen-bond acceptors (Lipinski definition) is 10. The number of nitrogens with zero attached hydrogens (tertiary/aromatic N) is 1. The zero-order valence-electron chi connectivity index (χ0n) is 17.7. The summed E-state index contributed by atoms with van der Waals surface area (Å²) >= 11 is 1.19.